The fourth-order valence-corrected chi connectivity index (χ4v) is 17.1. The van der Waals surface area contributed by atoms with Crippen molar-refractivity contribution in [3.8, 4) is 15.5 Å². The fraction of sp³-hybridized carbons (Fsp3) is 0.724. The number of unbranched alkanes of at least 4 members (excludes halogenated alkanes) is 9. The summed E-state index contributed by atoms with van der Waals surface area (Å²) in [5.74, 6) is 1.20. The van der Waals surface area contributed by atoms with Gasteiger partial charge in [-0.25, -0.2) is 0 Å². The van der Waals surface area contributed by atoms with E-state index in [1.807, 2.05) is 0 Å². The second-order valence-electron chi connectivity index (χ2n) is 12.0. The molecule has 2 heterocycles. The second kappa shape index (κ2) is 15.3. The summed E-state index contributed by atoms with van der Waals surface area (Å²) in [6.07, 6.45) is 15.9. The van der Waals surface area contributed by atoms with Gasteiger partial charge in [0.25, 0.3) is 0 Å². The molecule has 0 aliphatic rings. The molecule has 0 spiro atoms. The molecule has 5 heteroatoms. The molecular formula is C29H52OS2Sn2. The summed E-state index contributed by atoms with van der Waals surface area (Å²) >= 11 is -0.0770. The molecule has 0 N–H and O–H groups in total. The molecule has 0 aliphatic heterocycles. The monoisotopic (exact) mass is 720 g/mol. The number of thiophene rings is 2. The van der Waals surface area contributed by atoms with Gasteiger partial charge in [-0.2, -0.15) is 0 Å². The van der Waals surface area contributed by atoms with Crippen LogP contribution in [0.4, 0.5) is 0 Å². The van der Waals surface area contributed by atoms with Crippen LogP contribution in [0, 0.1) is 0 Å². The summed E-state index contributed by atoms with van der Waals surface area (Å²) in [6.45, 7) is 5.46. The van der Waals surface area contributed by atoms with Gasteiger partial charge in [0.15, 0.2) is 0 Å². The number of hydrogen-bond donors (Lipinski definition) is 0. The van der Waals surface area contributed by atoms with Crippen LogP contribution in [0.5, 0.6) is 5.75 Å². The summed E-state index contributed by atoms with van der Waals surface area (Å²) in [5, 5.41) is 0. The van der Waals surface area contributed by atoms with Crippen molar-refractivity contribution in [3.05, 3.63) is 17.7 Å². The van der Waals surface area contributed by atoms with Crippen molar-refractivity contribution >= 4 is 65.2 Å². The molecule has 0 saturated heterocycles. The van der Waals surface area contributed by atoms with E-state index in [-0.39, 0.29) is 0 Å². The van der Waals surface area contributed by atoms with Crippen molar-refractivity contribution in [2.24, 2.45) is 0 Å². The minimum absolute atomic E-state index is 0.871. The van der Waals surface area contributed by atoms with Crippen molar-refractivity contribution in [1.82, 2.24) is 0 Å². The van der Waals surface area contributed by atoms with Crippen LogP contribution in [0.25, 0.3) is 9.75 Å². The van der Waals surface area contributed by atoms with Gasteiger partial charge in [0.05, 0.1) is 0 Å². The zero-order valence-electron chi connectivity index (χ0n) is 23.6. The molecule has 194 valence electrons. The summed E-state index contributed by atoms with van der Waals surface area (Å²) in [6, 6.07) is 5.08. The van der Waals surface area contributed by atoms with Gasteiger partial charge in [-0.15, -0.1) is 0 Å². The quantitative estimate of drug-likeness (QED) is 0.117. The predicted molar refractivity (Wildman–Crippen MR) is 165 cm³/mol. The Balaban J connectivity index is 2.27. The van der Waals surface area contributed by atoms with Crippen LogP contribution in [0.2, 0.25) is 29.6 Å². The van der Waals surface area contributed by atoms with E-state index < -0.39 is 36.8 Å². The van der Waals surface area contributed by atoms with Crippen LogP contribution >= 0.6 is 22.7 Å². The van der Waals surface area contributed by atoms with E-state index in [1.54, 1.807) is 16.2 Å². The van der Waals surface area contributed by atoms with Crippen LogP contribution in [0.3, 0.4) is 0 Å². The third-order valence-corrected chi connectivity index (χ3v) is 27.8. The molecule has 1 nitrogen and oxygen atoms in total. The molecule has 0 aromatic carbocycles. The van der Waals surface area contributed by atoms with Crippen molar-refractivity contribution in [2.45, 2.75) is 121 Å². The van der Waals surface area contributed by atoms with Gasteiger partial charge in [0.1, 0.15) is 0 Å². The van der Waals surface area contributed by atoms with Gasteiger partial charge in [-0.3, -0.25) is 0 Å². The summed E-state index contributed by atoms with van der Waals surface area (Å²) in [4.78, 5) is 18.4. The normalized spacial score (nSPS) is 12.5. The summed E-state index contributed by atoms with van der Waals surface area (Å²) in [5.41, 5.74) is 1.62. The Morgan fingerprint density at radius 2 is 1.12 bits per heavy atom. The Kier molecular flexibility index (Phi) is 13.9. The molecule has 34 heavy (non-hydrogen) atoms. The molecule has 0 bridgehead atoms. The van der Waals surface area contributed by atoms with Crippen molar-refractivity contribution in [1.29, 1.82) is 0 Å². The van der Waals surface area contributed by atoms with Gasteiger partial charge < -0.3 is 0 Å². The van der Waals surface area contributed by atoms with E-state index >= 15 is 0 Å². The van der Waals surface area contributed by atoms with Crippen LogP contribution in [-0.2, 0) is 6.42 Å². The third-order valence-electron chi connectivity index (χ3n) is 6.50. The molecule has 0 unspecified atom stereocenters. The minimum atomic E-state index is -2.16. The first kappa shape index (κ1) is 31.0. The van der Waals surface area contributed by atoms with Gasteiger partial charge in [-0.05, 0) is 0 Å². The molecule has 0 atom stereocenters. The van der Waals surface area contributed by atoms with Crippen molar-refractivity contribution in [2.75, 3.05) is 6.61 Å². The van der Waals surface area contributed by atoms with E-state index in [9.17, 15) is 0 Å². The summed E-state index contributed by atoms with van der Waals surface area (Å²) in [7, 11) is 0. The molecule has 0 saturated carbocycles. The molecular weight excluding hydrogens is 666 g/mol. The maximum atomic E-state index is 6.54. The molecule has 0 fully saturated rings. The van der Waals surface area contributed by atoms with E-state index in [4.69, 9.17) is 4.74 Å². The van der Waals surface area contributed by atoms with Gasteiger partial charge in [-0.1, -0.05) is 0 Å². The Bertz CT molecular complexity index is 769. The molecule has 2 aromatic rings. The van der Waals surface area contributed by atoms with Gasteiger partial charge in [0, 0.05) is 0 Å². The molecule has 2 aromatic heterocycles. The molecule has 0 aliphatic carbocycles. The van der Waals surface area contributed by atoms with E-state index in [1.165, 1.54) is 87.7 Å². The first-order chi connectivity index (χ1) is 16.1. The zero-order chi connectivity index (χ0) is 25.2. The first-order valence-corrected chi connectivity index (χ1v) is 35.6. The van der Waals surface area contributed by atoms with Crippen molar-refractivity contribution in [3.63, 3.8) is 0 Å². The van der Waals surface area contributed by atoms with E-state index in [0.29, 0.717) is 0 Å². The summed E-state index contributed by atoms with van der Waals surface area (Å²) < 4.78 is 9.92. The molecule has 2 rings (SSSR count). The third kappa shape index (κ3) is 10.3. The zero-order valence-corrected chi connectivity index (χ0v) is 30.9. The topological polar surface area (TPSA) is 9.23 Å². The van der Waals surface area contributed by atoms with Gasteiger partial charge >= 0.3 is 230 Å². The first-order valence-electron chi connectivity index (χ1n) is 14.0. The van der Waals surface area contributed by atoms with E-state index in [2.05, 4.69) is 78.3 Å². The number of rotatable bonds is 17. The van der Waals surface area contributed by atoms with Crippen LogP contribution < -0.4 is 10.5 Å². The molecule has 0 amide bonds. The SMILES string of the molecule is CCCCCCCCc1c[c]([Sn]([CH3])([CH3])[CH3])sc1-c1s[c]([Sn]([CH3])([CH3])[CH3])cc1OCCCCCCC. The van der Waals surface area contributed by atoms with Gasteiger partial charge in [0.2, 0.25) is 0 Å². The standard InChI is InChI=1S/C23H34OS2.6CH3.2Sn/c1-3-5-7-9-10-12-14-20-15-18-25-22(20)23-21(16-19-26-23)24-17-13-11-8-6-4-2;;;;;;;;/h15-16H,3-14,17H2,1-2H3;6*1H3;;. The predicted octanol–water partition coefficient (Wildman–Crippen LogP) is 9.82. The average molecular weight is 718 g/mol. The van der Waals surface area contributed by atoms with Crippen LogP contribution in [-0.4, -0.2) is 43.4 Å². The Labute approximate surface area is 228 Å². The number of aryl methyl sites for hydroxylation is 1. The van der Waals surface area contributed by atoms with Crippen LogP contribution in [0.1, 0.15) is 90.0 Å². The second-order valence-corrected chi connectivity index (χ2v) is 45.0. The number of ether oxygens (including phenoxy) is 1. The van der Waals surface area contributed by atoms with Crippen molar-refractivity contribution < 1.29 is 4.74 Å². The van der Waals surface area contributed by atoms with Crippen LogP contribution in [0.15, 0.2) is 12.1 Å². The Morgan fingerprint density at radius 3 is 1.71 bits per heavy atom. The number of hydrogen-bond acceptors (Lipinski definition) is 3. The Morgan fingerprint density at radius 1 is 0.618 bits per heavy atom. The average Bonchev–Trinajstić information content (AvgIpc) is 3.37. The van der Waals surface area contributed by atoms with E-state index in [0.717, 1.165) is 6.61 Å². The maximum absolute atomic E-state index is 6.54. The fourth-order valence-electron chi connectivity index (χ4n) is 4.17. The molecule has 0 radical (unpaired) electrons. The Hall–Kier alpha value is 0.797.